The molecule has 8 heteroatoms. The molecule has 4 rings (SSSR count). The van der Waals surface area contributed by atoms with E-state index in [1.165, 1.54) is 35.7 Å². The van der Waals surface area contributed by atoms with Gasteiger partial charge in [-0.05, 0) is 42.0 Å². The number of aromatic nitrogens is 2. The predicted molar refractivity (Wildman–Crippen MR) is 130 cm³/mol. The number of carbonyl (C=O) groups is 1. The van der Waals surface area contributed by atoms with Gasteiger partial charge in [0.1, 0.15) is 17.3 Å². The molecule has 0 saturated heterocycles. The molecule has 1 heterocycles. The second-order valence-corrected chi connectivity index (χ2v) is 8.94. The standard InChI is InChI=1S/C25H20FN3O2S2/c1-31-20-7-5-6-19(14-20)28-24(30)23-22(33-21-8-3-2-4-9-21)15-27-25(29-23)32-16-17-10-12-18(26)13-11-17/h2-15H,16H2,1H3,(H,28,30). The molecule has 0 spiro atoms. The van der Waals surface area contributed by atoms with Gasteiger partial charge in [0.2, 0.25) is 0 Å². The summed E-state index contributed by atoms with van der Waals surface area (Å²) in [5, 5.41) is 3.36. The topological polar surface area (TPSA) is 64.1 Å². The molecule has 0 fully saturated rings. The third-order valence-corrected chi connectivity index (χ3v) is 6.49. The van der Waals surface area contributed by atoms with Crippen molar-refractivity contribution < 1.29 is 13.9 Å². The van der Waals surface area contributed by atoms with Crippen LogP contribution in [0.15, 0.2) is 100 Å². The van der Waals surface area contributed by atoms with Crippen molar-refractivity contribution in [1.82, 2.24) is 9.97 Å². The lowest BCUT2D eigenvalue weighted by Gasteiger charge is -2.11. The third-order valence-electron chi connectivity index (χ3n) is 4.53. The molecule has 0 aliphatic heterocycles. The molecular weight excluding hydrogens is 457 g/mol. The summed E-state index contributed by atoms with van der Waals surface area (Å²) in [4.78, 5) is 23.8. The van der Waals surface area contributed by atoms with E-state index in [0.717, 1.165) is 10.5 Å². The Morgan fingerprint density at radius 2 is 1.82 bits per heavy atom. The second kappa shape index (κ2) is 11.0. The zero-order valence-corrected chi connectivity index (χ0v) is 19.3. The van der Waals surface area contributed by atoms with E-state index in [-0.39, 0.29) is 17.4 Å². The molecule has 0 atom stereocenters. The molecule has 0 unspecified atom stereocenters. The van der Waals surface area contributed by atoms with Crippen molar-refractivity contribution in [3.63, 3.8) is 0 Å². The number of methoxy groups -OCH3 is 1. The van der Waals surface area contributed by atoms with Gasteiger partial charge in [0.15, 0.2) is 5.16 Å². The van der Waals surface area contributed by atoms with Crippen molar-refractivity contribution in [1.29, 1.82) is 0 Å². The van der Waals surface area contributed by atoms with Gasteiger partial charge in [-0.3, -0.25) is 4.79 Å². The van der Waals surface area contributed by atoms with Gasteiger partial charge in [-0.25, -0.2) is 14.4 Å². The minimum Gasteiger partial charge on any atom is -0.497 e. The van der Waals surface area contributed by atoms with E-state index >= 15 is 0 Å². The highest BCUT2D eigenvalue weighted by Gasteiger charge is 2.17. The number of hydrogen-bond acceptors (Lipinski definition) is 6. The van der Waals surface area contributed by atoms with E-state index in [9.17, 15) is 9.18 Å². The Labute approximate surface area is 199 Å². The summed E-state index contributed by atoms with van der Waals surface area (Å²) in [5.41, 5.74) is 1.83. The molecule has 1 amide bonds. The Bertz CT molecular complexity index is 1240. The summed E-state index contributed by atoms with van der Waals surface area (Å²) in [7, 11) is 1.57. The van der Waals surface area contributed by atoms with Crippen LogP contribution in [0.1, 0.15) is 16.1 Å². The summed E-state index contributed by atoms with van der Waals surface area (Å²) < 4.78 is 18.4. The van der Waals surface area contributed by atoms with Crippen molar-refractivity contribution in [2.75, 3.05) is 12.4 Å². The maximum absolute atomic E-state index is 13.2. The molecule has 0 bridgehead atoms. The van der Waals surface area contributed by atoms with Crippen molar-refractivity contribution in [2.24, 2.45) is 0 Å². The number of nitrogens with one attached hydrogen (secondary N) is 1. The summed E-state index contributed by atoms with van der Waals surface area (Å²) in [5.74, 6) is 0.582. The highest BCUT2D eigenvalue weighted by atomic mass is 32.2. The van der Waals surface area contributed by atoms with Crippen LogP contribution in [-0.2, 0) is 5.75 Å². The summed E-state index contributed by atoms with van der Waals surface area (Å²) in [6, 6.07) is 23.2. The van der Waals surface area contributed by atoms with Gasteiger partial charge >= 0.3 is 0 Å². The first-order chi connectivity index (χ1) is 16.1. The van der Waals surface area contributed by atoms with Crippen LogP contribution in [0, 0.1) is 5.82 Å². The molecule has 0 saturated carbocycles. The SMILES string of the molecule is COc1cccc(NC(=O)c2nc(SCc3ccc(F)cc3)ncc2Sc2ccccc2)c1. The first-order valence-electron chi connectivity index (χ1n) is 10.0. The number of ether oxygens (including phenoxy) is 1. The van der Waals surface area contributed by atoms with Crippen LogP contribution >= 0.6 is 23.5 Å². The van der Waals surface area contributed by atoms with E-state index in [1.807, 2.05) is 30.3 Å². The lowest BCUT2D eigenvalue weighted by Crippen LogP contribution is -2.16. The van der Waals surface area contributed by atoms with Crippen molar-refractivity contribution >= 4 is 35.1 Å². The Balaban J connectivity index is 1.59. The van der Waals surface area contributed by atoms with Crippen LogP contribution in [0.5, 0.6) is 5.75 Å². The number of nitrogens with zero attached hydrogens (tertiary/aromatic N) is 2. The van der Waals surface area contributed by atoms with Crippen molar-refractivity contribution in [3.8, 4) is 5.75 Å². The Morgan fingerprint density at radius 1 is 1.03 bits per heavy atom. The number of benzene rings is 3. The fraction of sp³-hybridized carbons (Fsp3) is 0.0800. The first kappa shape index (κ1) is 22.8. The van der Waals surface area contributed by atoms with Crippen molar-refractivity contribution in [3.05, 3.63) is 102 Å². The van der Waals surface area contributed by atoms with E-state index in [4.69, 9.17) is 4.74 Å². The summed E-state index contributed by atoms with van der Waals surface area (Å²) >= 11 is 2.81. The normalized spacial score (nSPS) is 10.6. The lowest BCUT2D eigenvalue weighted by atomic mass is 10.2. The molecule has 166 valence electrons. The molecule has 5 nitrogen and oxygen atoms in total. The zero-order valence-electron chi connectivity index (χ0n) is 17.7. The van der Waals surface area contributed by atoms with Crippen LogP contribution in [0.4, 0.5) is 10.1 Å². The summed E-state index contributed by atoms with van der Waals surface area (Å²) in [6.45, 7) is 0. The van der Waals surface area contributed by atoms with E-state index < -0.39 is 0 Å². The fourth-order valence-electron chi connectivity index (χ4n) is 2.90. The van der Waals surface area contributed by atoms with Crippen LogP contribution in [-0.4, -0.2) is 23.0 Å². The highest BCUT2D eigenvalue weighted by molar-refractivity contribution is 7.99. The number of rotatable bonds is 8. The molecule has 0 aliphatic carbocycles. The molecular formula is C25H20FN3O2S2. The summed E-state index contributed by atoms with van der Waals surface area (Å²) in [6.07, 6.45) is 1.66. The minimum absolute atomic E-state index is 0.279. The number of amides is 1. The first-order valence-corrected chi connectivity index (χ1v) is 11.8. The Kier molecular flexibility index (Phi) is 7.59. The van der Waals surface area contributed by atoms with Gasteiger partial charge < -0.3 is 10.1 Å². The van der Waals surface area contributed by atoms with Crippen LogP contribution in [0.25, 0.3) is 0 Å². The quantitative estimate of drug-likeness (QED) is 0.237. The van der Waals surface area contributed by atoms with Crippen LogP contribution < -0.4 is 10.1 Å². The molecule has 4 aromatic rings. The largest absolute Gasteiger partial charge is 0.497 e. The average Bonchev–Trinajstić information content (AvgIpc) is 2.85. The van der Waals surface area contributed by atoms with Gasteiger partial charge in [0.25, 0.3) is 5.91 Å². The highest BCUT2D eigenvalue weighted by Crippen LogP contribution is 2.31. The van der Waals surface area contributed by atoms with Gasteiger partial charge in [-0.15, -0.1) is 0 Å². The number of hydrogen-bond donors (Lipinski definition) is 1. The van der Waals surface area contributed by atoms with Gasteiger partial charge in [0, 0.05) is 28.6 Å². The molecule has 3 aromatic carbocycles. The monoisotopic (exact) mass is 477 g/mol. The number of carbonyl (C=O) groups excluding carboxylic acids is 1. The third kappa shape index (κ3) is 6.34. The minimum atomic E-state index is -0.340. The molecule has 0 aliphatic rings. The van der Waals surface area contributed by atoms with Gasteiger partial charge in [0.05, 0.1) is 12.0 Å². The zero-order chi connectivity index (χ0) is 23.0. The number of thioether (sulfide) groups is 1. The van der Waals surface area contributed by atoms with Gasteiger partial charge in [-0.2, -0.15) is 0 Å². The van der Waals surface area contributed by atoms with E-state index in [2.05, 4.69) is 15.3 Å². The predicted octanol–water partition coefficient (Wildman–Crippen LogP) is 6.32. The smallest absolute Gasteiger partial charge is 0.275 e. The van der Waals surface area contributed by atoms with Crippen molar-refractivity contribution in [2.45, 2.75) is 20.7 Å². The number of halogens is 1. The van der Waals surface area contributed by atoms with Gasteiger partial charge in [-0.1, -0.05) is 59.9 Å². The molecule has 1 N–H and O–H groups in total. The van der Waals surface area contributed by atoms with Crippen LogP contribution in [0.2, 0.25) is 0 Å². The molecule has 0 radical (unpaired) electrons. The maximum atomic E-state index is 13.2. The Hall–Kier alpha value is -3.36. The fourth-order valence-corrected chi connectivity index (χ4v) is 4.56. The van der Waals surface area contributed by atoms with E-state index in [1.54, 1.807) is 49.7 Å². The number of anilines is 1. The average molecular weight is 478 g/mol. The Morgan fingerprint density at radius 3 is 2.58 bits per heavy atom. The molecule has 1 aromatic heterocycles. The molecule has 33 heavy (non-hydrogen) atoms. The van der Waals surface area contributed by atoms with Crippen LogP contribution in [0.3, 0.4) is 0 Å². The van der Waals surface area contributed by atoms with E-state index in [0.29, 0.717) is 27.2 Å². The maximum Gasteiger partial charge on any atom is 0.275 e. The lowest BCUT2D eigenvalue weighted by molar-refractivity contribution is 0.101. The second-order valence-electron chi connectivity index (χ2n) is 6.88.